The Morgan fingerprint density at radius 1 is 1.39 bits per heavy atom. The van der Waals surface area contributed by atoms with E-state index in [-0.39, 0.29) is 5.78 Å². The average Bonchev–Trinajstić information content (AvgIpc) is 2.71. The van der Waals surface area contributed by atoms with Crippen LogP contribution in [0.4, 0.5) is 5.00 Å². The van der Waals surface area contributed by atoms with E-state index >= 15 is 0 Å². The molecule has 0 saturated heterocycles. The highest BCUT2D eigenvalue weighted by Crippen LogP contribution is 2.29. The summed E-state index contributed by atoms with van der Waals surface area (Å²) in [6, 6.07) is 8.72. The quantitative estimate of drug-likeness (QED) is 0.673. The number of nitrogens with one attached hydrogen (secondary N) is 1. The monoisotopic (exact) mass is 295 g/mol. The van der Waals surface area contributed by atoms with Crippen LogP contribution in [0, 0.1) is 6.92 Å². The summed E-state index contributed by atoms with van der Waals surface area (Å²) in [7, 11) is 0. The van der Waals surface area contributed by atoms with Crippen molar-refractivity contribution in [3.05, 3.63) is 51.4 Å². The van der Waals surface area contributed by atoms with Gasteiger partial charge in [0.1, 0.15) is 5.00 Å². The summed E-state index contributed by atoms with van der Waals surface area (Å²) in [6.07, 6.45) is 0. The predicted molar refractivity (Wildman–Crippen MR) is 81.2 cm³/mol. The molecule has 18 heavy (non-hydrogen) atoms. The smallest absolute Gasteiger partial charge is 0.196 e. The molecule has 1 aromatic carbocycles. The molecule has 0 amide bonds. The van der Waals surface area contributed by atoms with Crippen molar-refractivity contribution in [2.75, 3.05) is 5.32 Å². The van der Waals surface area contributed by atoms with Crippen LogP contribution in [0.15, 0.2) is 30.3 Å². The topological polar surface area (TPSA) is 29.1 Å². The second kappa shape index (κ2) is 5.61. The first-order chi connectivity index (χ1) is 8.61. The van der Waals surface area contributed by atoms with Crippen molar-refractivity contribution in [1.29, 1.82) is 0 Å². The molecule has 2 nitrogen and oxygen atoms in total. The molecule has 1 N–H and O–H groups in total. The maximum absolute atomic E-state index is 12.3. The van der Waals surface area contributed by atoms with E-state index in [1.807, 2.05) is 13.0 Å². The van der Waals surface area contributed by atoms with Gasteiger partial charge in [0.25, 0.3) is 0 Å². The number of hydrogen-bond donors (Lipinski definition) is 1. The number of rotatable bonds is 4. The lowest BCUT2D eigenvalue weighted by atomic mass is 10.1. The van der Waals surface area contributed by atoms with Crippen molar-refractivity contribution >= 4 is 51.4 Å². The normalized spacial score (nSPS) is 10.1. The van der Waals surface area contributed by atoms with Crippen molar-refractivity contribution in [2.45, 2.75) is 6.92 Å². The fraction of sp³-hybridized carbons (Fsp3) is 0.0769. The van der Waals surface area contributed by atoms with Gasteiger partial charge in [-0.2, -0.15) is 0 Å². The van der Waals surface area contributed by atoms with Crippen LogP contribution in [0.25, 0.3) is 0 Å². The molecule has 2 aromatic rings. The molecule has 0 unspecified atom stereocenters. The van der Waals surface area contributed by atoms with Gasteiger partial charge >= 0.3 is 0 Å². The van der Waals surface area contributed by atoms with Gasteiger partial charge in [-0.15, -0.1) is 11.3 Å². The molecule has 0 aliphatic carbocycles. The average molecular weight is 296 g/mol. The Morgan fingerprint density at radius 2 is 2.06 bits per heavy atom. The zero-order valence-electron chi connectivity index (χ0n) is 9.57. The van der Waals surface area contributed by atoms with Gasteiger partial charge in [-0.25, -0.2) is 0 Å². The van der Waals surface area contributed by atoms with Gasteiger partial charge in [-0.1, -0.05) is 23.8 Å². The summed E-state index contributed by atoms with van der Waals surface area (Å²) in [5.74, 6) is -0.0321. The number of halogens is 1. The van der Waals surface area contributed by atoms with E-state index in [4.69, 9.17) is 23.8 Å². The van der Waals surface area contributed by atoms with E-state index < -0.39 is 0 Å². The molecule has 1 aromatic heterocycles. The zero-order valence-corrected chi connectivity index (χ0v) is 12.0. The molecule has 0 saturated carbocycles. The number of benzene rings is 1. The molecule has 0 bridgehead atoms. The van der Waals surface area contributed by atoms with Gasteiger partial charge < -0.3 is 5.32 Å². The molecule has 92 valence electrons. The molecular weight excluding hydrogens is 286 g/mol. The largest absolute Gasteiger partial charge is 0.344 e. The molecule has 5 heteroatoms. The summed E-state index contributed by atoms with van der Waals surface area (Å²) in [5, 5.41) is 4.32. The van der Waals surface area contributed by atoms with Crippen molar-refractivity contribution in [1.82, 2.24) is 0 Å². The lowest BCUT2D eigenvalue weighted by molar-refractivity contribution is 0.104. The van der Waals surface area contributed by atoms with Gasteiger partial charge in [0, 0.05) is 15.5 Å². The Labute approximate surface area is 120 Å². The third-order valence-corrected chi connectivity index (χ3v) is 3.75. The first-order valence-electron chi connectivity index (χ1n) is 5.22. The van der Waals surface area contributed by atoms with Crippen LogP contribution in [-0.2, 0) is 0 Å². The van der Waals surface area contributed by atoms with E-state index in [0.717, 1.165) is 9.88 Å². The molecular formula is C13H10ClNOS2. The summed E-state index contributed by atoms with van der Waals surface area (Å²) in [5.41, 5.74) is 2.66. The minimum Gasteiger partial charge on any atom is -0.344 e. The number of carbonyl (C=O) groups excluding carboxylic acids is 1. The molecule has 0 aliphatic heterocycles. The SMILES string of the molecule is Cc1cc(C(=O)c2ccc(Cl)cc2)c(NC=S)s1. The molecule has 0 atom stereocenters. The Balaban J connectivity index is 2.39. The Morgan fingerprint density at radius 3 is 2.67 bits per heavy atom. The third-order valence-electron chi connectivity index (χ3n) is 2.40. The number of aryl methyl sites for hydroxylation is 1. The molecule has 0 spiro atoms. The van der Waals surface area contributed by atoms with Crippen LogP contribution in [0.2, 0.25) is 5.02 Å². The third kappa shape index (κ3) is 2.77. The van der Waals surface area contributed by atoms with Crippen molar-refractivity contribution < 1.29 is 4.79 Å². The zero-order chi connectivity index (χ0) is 13.1. The minimum absolute atomic E-state index is 0.0321. The molecule has 0 aliphatic rings. The second-order valence-electron chi connectivity index (χ2n) is 3.70. The van der Waals surface area contributed by atoms with Crippen molar-refractivity contribution in [2.24, 2.45) is 0 Å². The number of thiophene rings is 1. The number of ketones is 1. The van der Waals surface area contributed by atoms with E-state index in [2.05, 4.69) is 5.32 Å². The molecule has 0 fully saturated rings. The van der Waals surface area contributed by atoms with Crippen LogP contribution >= 0.6 is 35.2 Å². The lowest BCUT2D eigenvalue weighted by Crippen LogP contribution is -2.03. The first kappa shape index (κ1) is 13.2. The predicted octanol–water partition coefficient (Wildman–Crippen LogP) is 4.31. The minimum atomic E-state index is -0.0321. The summed E-state index contributed by atoms with van der Waals surface area (Å²) >= 11 is 12.1. The van der Waals surface area contributed by atoms with E-state index in [9.17, 15) is 4.79 Å². The van der Waals surface area contributed by atoms with Crippen molar-refractivity contribution in [3.63, 3.8) is 0 Å². The van der Waals surface area contributed by atoms with Crippen LogP contribution in [0.1, 0.15) is 20.8 Å². The Bertz CT molecular complexity index is 590. The van der Waals surface area contributed by atoms with Crippen LogP contribution in [-0.4, -0.2) is 11.3 Å². The lowest BCUT2D eigenvalue weighted by Gasteiger charge is -2.02. The van der Waals surface area contributed by atoms with E-state index in [1.165, 1.54) is 16.8 Å². The van der Waals surface area contributed by atoms with Crippen LogP contribution in [0.5, 0.6) is 0 Å². The highest BCUT2D eigenvalue weighted by atomic mass is 35.5. The summed E-state index contributed by atoms with van der Waals surface area (Å²) in [4.78, 5) is 13.4. The highest BCUT2D eigenvalue weighted by Gasteiger charge is 2.16. The number of anilines is 1. The van der Waals surface area contributed by atoms with Gasteiger partial charge in [-0.3, -0.25) is 4.79 Å². The van der Waals surface area contributed by atoms with Gasteiger partial charge in [-0.05, 0) is 37.3 Å². The first-order valence-corrected chi connectivity index (χ1v) is 6.89. The summed E-state index contributed by atoms with van der Waals surface area (Å²) < 4.78 is 0. The fourth-order valence-electron chi connectivity index (χ4n) is 1.60. The van der Waals surface area contributed by atoms with Gasteiger partial charge in [0.2, 0.25) is 0 Å². The van der Waals surface area contributed by atoms with Crippen LogP contribution < -0.4 is 5.32 Å². The molecule has 2 rings (SSSR count). The van der Waals surface area contributed by atoms with Crippen molar-refractivity contribution in [3.8, 4) is 0 Å². The fourth-order valence-corrected chi connectivity index (χ4v) is 2.80. The van der Waals surface area contributed by atoms with Crippen LogP contribution in [0.3, 0.4) is 0 Å². The molecule has 1 heterocycles. The Hall–Kier alpha value is -1.23. The van der Waals surface area contributed by atoms with E-state index in [0.29, 0.717) is 16.1 Å². The number of thiocarbonyl (C=S) groups is 1. The number of hydrogen-bond acceptors (Lipinski definition) is 3. The van der Waals surface area contributed by atoms with Gasteiger partial charge in [0.15, 0.2) is 5.78 Å². The Kier molecular flexibility index (Phi) is 4.11. The van der Waals surface area contributed by atoms with E-state index in [1.54, 1.807) is 24.3 Å². The summed E-state index contributed by atoms with van der Waals surface area (Å²) in [6.45, 7) is 1.96. The maximum Gasteiger partial charge on any atom is 0.196 e. The standard InChI is InChI=1S/C13H10ClNOS2/c1-8-6-11(13(18-8)15-7-17)12(16)9-2-4-10(14)5-3-9/h2-7H,1H3,(H,15,17). The highest BCUT2D eigenvalue weighted by molar-refractivity contribution is 7.79. The number of carbonyl (C=O) groups is 1. The second-order valence-corrected chi connectivity index (χ2v) is 5.63. The maximum atomic E-state index is 12.3. The molecule has 0 radical (unpaired) electrons. The van der Waals surface area contributed by atoms with Gasteiger partial charge in [0.05, 0.1) is 11.1 Å².